The van der Waals surface area contributed by atoms with E-state index in [2.05, 4.69) is 41.9 Å². The van der Waals surface area contributed by atoms with Crippen LogP contribution < -0.4 is 16.1 Å². The lowest BCUT2D eigenvalue weighted by atomic mass is 10.0. The minimum absolute atomic E-state index is 0.0271. The predicted octanol–water partition coefficient (Wildman–Crippen LogP) is 4.78. The molecule has 1 saturated heterocycles. The van der Waals surface area contributed by atoms with Crippen molar-refractivity contribution in [2.24, 2.45) is 10.9 Å². The number of aliphatic imine (C=N–C) groups is 1. The molecule has 1 aliphatic heterocycles. The van der Waals surface area contributed by atoms with Crippen LogP contribution in [0.4, 0.5) is 21.5 Å². The van der Waals surface area contributed by atoms with Crippen molar-refractivity contribution in [3.63, 3.8) is 0 Å². The Morgan fingerprint density at radius 1 is 1.18 bits per heavy atom. The first-order valence-corrected chi connectivity index (χ1v) is 16.2. The van der Waals surface area contributed by atoms with Gasteiger partial charge in [0.15, 0.2) is 15.7 Å². The summed E-state index contributed by atoms with van der Waals surface area (Å²) in [5.74, 6) is -0.230. The summed E-state index contributed by atoms with van der Waals surface area (Å²) >= 11 is 3.44. The molecule has 9 nitrogen and oxygen atoms in total. The highest BCUT2D eigenvalue weighted by Crippen LogP contribution is 2.35. The van der Waals surface area contributed by atoms with E-state index in [1.54, 1.807) is 13.0 Å². The molecule has 1 aliphatic carbocycles. The first-order valence-electron chi connectivity index (χ1n) is 13.6. The van der Waals surface area contributed by atoms with E-state index in [0.717, 1.165) is 42.3 Å². The standard InChI is InChI=1S/C28H37BrFN5O4S/c1-19-15-22(29)7-8-24(19)33-27-23(28(36)34-39-17-21-5-6-21)16-20(2)26(25(27)30)32-18-31-9-3-4-10-35-11-13-40(37,38)14-12-35/h7-8,15-16,18,21,33H,3-6,9-14,17H2,1-2H3,(H,31,32)(H,34,36). The zero-order valence-electron chi connectivity index (χ0n) is 22.9. The second kappa shape index (κ2) is 13.9. The van der Waals surface area contributed by atoms with Crippen LogP contribution in [0.25, 0.3) is 0 Å². The molecule has 40 heavy (non-hydrogen) atoms. The van der Waals surface area contributed by atoms with Crippen molar-refractivity contribution < 1.29 is 22.4 Å². The molecule has 12 heteroatoms. The molecule has 0 spiro atoms. The van der Waals surface area contributed by atoms with Crippen LogP contribution in [-0.2, 0) is 14.7 Å². The van der Waals surface area contributed by atoms with E-state index >= 15 is 4.39 Å². The molecule has 2 fully saturated rings. The zero-order chi connectivity index (χ0) is 28.7. The first-order chi connectivity index (χ1) is 19.1. The summed E-state index contributed by atoms with van der Waals surface area (Å²) in [4.78, 5) is 24.9. The number of nitrogens with one attached hydrogen (secondary N) is 3. The van der Waals surface area contributed by atoms with Crippen molar-refractivity contribution in [3.05, 3.63) is 51.2 Å². The molecule has 1 amide bonds. The zero-order valence-corrected chi connectivity index (χ0v) is 25.3. The third kappa shape index (κ3) is 8.73. The maximum absolute atomic E-state index is 15.9. The van der Waals surface area contributed by atoms with Crippen LogP contribution in [0.15, 0.2) is 33.7 Å². The molecule has 1 saturated carbocycles. The van der Waals surface area contributed by atoms with Gasteiger partial charge in [-0.15, -0.1) is 0 Å². The van der Waals surface area contributed by atoms with Gasteiger partial charge in [-0.3, -0.25) is 9.63 Å². The molecule has 4 rings (SSSR count). The van der Waals surface area contributed by atoms with Crippen LogP contribution >= 0.6 is 15.9 Å². The highest BCUT2D eigenvalue weighted by molar-refractivity contribution is 9.10. The number of halogens is 2. The summed E-state index contributed by atoms with van der Waals surface area (Å²) in [5, 5.41) is 6.21. The van der Waals surface area contributed by atoms with Gasteiger partial charge in [0.25, 0.3) is 5.91 Å². The van der Waals surface area contributed by atoms with Crippen LogP contribution in [0.3, 0.4) is 0 Å². The number of hydrogen-bond donors (Lipinski definition) is 3. The van der Waals surface area contributed by atoms with Gasteiger partial charge in [0, 0.05) is 29.8 Å². The van der Waals surface area contributed by atoms with E-state index in [9.17, 15) is 13.2 Å². The number of aryl methyl sites for hydroxylation is 2. The van der Waals surface area contributed by atoms with Gasteiger partial charge in [0.2, 0.25) is 0 Å². The average Bonchev–Trinajstić information content (AvgIpc) is 3.73. The lowest BCUT2D eigenvalue weighted by Crippen LogP contribution is -2.40. The van der Waals surface area contributed by atoms with E-state index < -0.39 is 21.6 Å². The molecular weight excluding hydrogens is 601 g/mol. The lowest BCUT2D eigenvalue weighted by Gasteiger charge is -2.26. The van der Waals surface area contributed by atoms with Crippen molar-refractivity contribution >= 4 is 55.1 Å². The lowest BCUT2D eigenvalue weighted by molar-refractivity contribution is 0.0270. The smallest absolute Gasteiger partial charge is 0.277 e. The molecular formula is C28H37BrFN5O4S. The Balaban J connectivity index is 1.40. The summed E-state index contributed by atoms with van der Waals surface area (Å²) < 4.78 is 39.9. The third-order valence-electron chi connectivity index (χ3n) is 7.07. The molecule has 1 heterocycles. The second-order valence-electron chi connectivity index (χ2n) is 10.5. The first kappa shape index (κ1) is 30.4. The number of carbonyl (C=O) groups excluding carboxylic acids is 1. The van der Waals surface area contributed by atoms with Gasteiger partial charge in [-0.05, 0) is 87.4 Å². The van der Waals surface area contributed by atoms with Gasteiger partial charge in [-0.25, -0.2) is 23.3 Å². The highest BCUT2D eigenvalue weighted by atomic mass is 79.9. The van der Waals surface area contributed by atoms with E-state index in [1.807, 2.05) is 25.1 Å². The van der Waals surface area contributed by atoms with Crippen LogP contribution in [0.5, 0.6) is 0 Å². The number of carbonyl (C=O) groups is 1. The number of hydrogen-bond acceptors (Lipinski definition) is 7. The van der Waals surface area contributed by atoms with Crippen molar-refractivity contribution in [2.45, 2.75) is 39.5 Å². The summed E-state index contributed by atoms with van der Waals surface area (Å²) in [6.45, 7) is 6.73. The highest BCUT2D eigenvalue weighted by Gasteiger charge is 2.25. The Morgan fingerprint density at radius 3 is 2.62 bits per heavy atom. The monoisotopic (exact) mass is 637 g/mol. The molecule has 0 bridgehead atoms. The van der Waals surface area contributed by atoms with Crippen molar-refractivity contribution in [1.29, 1.82) is 0 Å². The van der Waals surface area contributed by atoms with E-state index in [4.69, 9.17) is 4.84 Å². The van der Waals surface area contributed by atoms with E-state index in [1.165, 1.54) is 6.34 Å². The van der Waals surface area contributed by atoms with Crippen LogP contribution in [0.1, 0.15) is 47.2 Å². The number of unbranched alkanes of at least 4 members (excludes halogenated alkanes) is 1. The Kier molecular flexibility index (Phi) is 10.6. The van der Waals surface area contributed by atoms with E-state index in [0.29, 0.717) is 43.4 Å². The number of benzene rings is 2. The van der Waals surface area contributed by atoms with Crippen molar-refractivity contribution in [2.75, 3.05) is 49.6 Å². The normalized spacial score (nSPS) is 17.2. The Hall–Kier alpha value is -2.54. The van der Waals surface area contributed by atoms with Gasteiger partial charge >= 0.3 is 0 Å². The van der Waals surface area contributed by atoms with Crippen LogP contribution in [-0.4, -0.2) is 69.9 Å². The number of hydroxylamine groups is 1. The molecule has 0 atom stereocenters. The molecule has 0 radical (unpaired) electrons. The predicted molar refractivity (Wildman–Crippen MR) is 160 cm³/mol. The topological polar surface area (TPSA) is 112 Å². The average molecular weight is 639 g/mol. The number of sulfone groups is 1. The van der Waals surface area contributed by atoms with Gasteiger partial charge in [0.1, 0.15) is 5.69 Å². The number of anilines is 2. The second-order valence-corrected chi connectivity index (χ2v) is 13.7. The Labute approximate surface area is 244 Å². The quantitative estimate of drug-likeness (QED) is 0.125. The van der Waals surface area contributed by atoms with Crippen LogP contribution in [0, 0.1) is 25.6 Å². The fraction of sp³-hybridized carbons (Fsp3) is 0.500. The summed E-state index contributed by atoms with van der Waals surface area (Å²) in [6, 6.07) is 7.18. The molecule has 0 unspecified atom stereocenters. The van der Waals surface area contributed by atoms with Gasteiger partial charge in [0.05, 0.1) is 35.7 Å². The maximum Gasteiger partial charge on any atom is 0.277 e. The molecule has 218 valence electrons. The molecule has 2 aliphatic rings. The van der Waals surface area contributed by atoms with Gasteiger partial charge < -0.3 is 15.5 Å². The van der Waals surface area contributed by atoms with Gasteiger partial charge in [-0.1, -0.05) is 15.9 Å². The number of rotatable bonds is 13. The summed E-state index contributed by atoms with van der Waals surface area (Å²) in [6.07, 6.45) is 5.44. The fourth-order valence-corrected chi connectivity index (χ4v) is 6.16. The minimum atomic E-state index is -2.87. The Bertz CT molecular complexity index is 1340. The summed E-state index contributed by atoms with van der Waals surface area (Å²) in [5.41, 5.74) is 4.81. The van der Waals surface area contributed by atoms with Gasteiger partial charge in [-0.2, -0.15) is 0 Å². The number of amides is 1. The molecule has 3 N–H and O–H groups in total. The maximum atomic E-state index is 15.9. The van der Waals surface area contributed by atoms with Crippen molar-refractivity contribution in [3.8, 4) is 0 Å². The molecule has 0 aromatic heterocycles. The summed E-state index contributed by atoms with van der Waals surface area (Å²) in [7, 11) is -2.87. The SMILES string of the molecule is Cc1cc(Br)ccc1Nc1c(C(=O)NOCC2CC2)cc(C)c(/N=C\NCCCCN2CCS(=O)(=O)CC2)c1F. The fourth-order valence-electron chi connectivity index (χ4n) is 4.40. The van der Waals surface area contributed by atoms with E-state index in [-0.39, 0.29) is 28.4 Å². The molecule has 2 aromatic carbocycles. The van der Waals surface area contributed by atoms with Crippen LogP contribution in [0.2, 0.25) is 0 Å². The largest absolute Gasteiger partial charge is 0.376 e. The minimum Gasteiger partial charge on any atom is -0.376 e. The Morgan fingerprint density at radius 2 is 1.93 bits per heavy atom. The van der Waals surface area contributed by atoms with Crippen molar-refractivity contribution in [1.82, 2.24) is 15.7 Å². The third-order valence-corrected chi connectivity index (χ3v) is 9.17. The number of nitrogens with zero attached hydrogens (tertiary/aromatic N) is 2. The molecule has 2 aromatic rings.